The standard InChI is InChI=1S/C28H27F4NO2/c29-25-13-12-21(18-24(25)28(30,31)32)11-10-20-14-16-33(17-15-20)27(34)19-35-26-9-5-4-8-23(26)22-6-2-1-3-7-22/h1-9,12-13,18,20H,10-11,14-17,19H2. The summed E-state index contributed by atoms with van der Waals surface area (Å²) in [6.07, 6.45) is -2.00. The second kappa shape index (κ2) is 10.9. The van der Waals surface area contributed by atoms with Crippen LogP contribution in [0.1, 0.15) is 30.4 Å². The van der Waals surface area contributed by atoms with Gasteiger partial charge in [-0.15, -0.1) is 0 Å². The quantitative estimate of drug-likeness (QED) is 0.346. The summed E-state index contributed by atoms with van der Waals surface area (Å²) in [4.78, 5) is 14.5. The number of hydrogen-bond donors (Lipinski definition) is 0. The van der Waals surface area contributed by atoms with Gasteiger partial charge in [0.05, 0.1) is 5.56 Å². The summed E-state index contributed by atoms with van der Waals surface area (Å²) in [5.41, 5.74) is 1.20. The molecule has 7 heteroatoms. The lowest BCUT2D eigenvalue weighted by Gasteiger charge is -2.32. The molecule has 0 N–H and O–H groups in total. The molecule has 0 spiro atoms. The maximum atomic E-state index is 13.5. The van der Waals surface area contributed by atoms with E-state index in [0.29, 0.717) is 43.2 Å². The van der Waals surface area contributed by atoms with Crippen molar-refractivity contribution in [2.75, 3.05) is 19.7 Å². The number of para-hydroxylation sites is 1. The van der Waals surface area contributed by atoms with Crippen molar-refractivity contribution in [1.82, 2.24) is 4.90 Å². The summed E-state index contributed by atoms with van der Waals surface area (Å²) in [6, 6.07) is 20.6. The molecule has 4 rings (SSSR count). The van der Waals surface area contributed by atoms with Gasteiger partial charge in [-0.25, -0.2) is 4.39 Å². The normalized spacial score (nSPS) is 14.7. The number of hydrogen-bond acceptors (Lipinski definition) is 2. The minimum absolute atomic E-state index is 0.0513. The van der Waals surface area contributed by atoms with E-state index in [-0.39, 0.29) is 12.5 Å². The minimum Gasteiger partial charge on any atom is -0.483 e. The first-order valence-electron chi connectivity index (χ1n) is 11.7. The average Bonchev–Trinajstić information content (AvgIpc) is 2.87. The second-order valence-electron chi connectivity index (χ2n) is 8.83. The monoisotopic (exact) mass is 485 g/mol. The zero-order valence-electron chi connectivity index (χ0n) is 19.2. The van der Waals surface area contributed by atoms with Gasteiger partial charge in [0.2, 0.25) is 0 Å². The number of alkyl halides is 3. The molecule has 3 aromatic rings. The molecule has 1 aliphatic rings. The lowest BCUT2D eigenvalue weighted by Crippen LogP contribution is -2.41. The number of halogens is 4. The van der Waals surface area contributed by atoms with Crippen LogP contribution in [-0.2, 0) is 17.4 Å². The smallest absolute Gasteiger partial charge is 0.419 e. The Hall–Kier alpha value is -3.35. The molecule has 1 aliphatic heterocycles. The predicted molar refractivity (Wildman–Crippen MR) is 126 cm³/mol. The number of likely N-dealkylation sites (tertiary alicyclic amines) is 1. The SMILES string of the molecule is O=C(COc1ccccc1-c1ccccc1)N1CCC(CCc2ccc(F)c(C(F)(F)F)c2)CC1. The molecule has 1 amide bonds. The molecule has 0 atom stereocenters. The van der Waals surface area contributed by atoms with Crippen molar-refractivity contribution in [2.24, 2.45) is 5.92 Å². The van der Waals surface area contributed by atoms with Crippen molar-refractivity contribution in [2.45, 2.75) is 31.9 Å². The van der Waals surface area contributed by atoms with Crippen LogP contribution in [0.4, 0.5) is 17.6 Å². The number of ether oxygens (including phenoxy) is 1. The zero-order chi connectivity index (χ0) is 24.8. The van der Waals surface area contributed by atoms with Gasteiger partial charge in [0.1, 0.15) is 11.6 Å². The summed E-state index contributed by atoms with van der Waals surface area (Å²) >= 11 is 0. The highest BCUT2D eigenvalue weighted by molar-refractivity contribution is 5.78. The van der Waals surface area contributed by atoms with Crippen molar-refractivity contribution < 1.29 is 27.1 Å². The molecular weight excluding hydrogens is 458 g/mol. The first kappa shape index (κ1) is 24.8. The van der Waals surface area contributed by atoms with E-state index in [1.54, 1.807) is 4.90 Å². The largest absolute Gasteiger partial charge is 0.483 e. The third-order valence-electron chi connectivity index (χ3n) is 6.47. The first-order chi connectivity index (χ1) is 16.8. The summed E-state index contributed by atoms with van der Waals surface area (Å²) in [5.74, 6) is -0.376. The van der Waals surface area contributed by atoms with E-state index in [1.807, 2.05) is 54.6 Å². The maximum absolute atomic E-state index is 13.5. The lowest BCUT2D eigenvalue weighted by molar-refractivity contribution is -0.140. The van der Waals surface area contributed by atoms with Gasteiger partial charge in [-0.05, 0) is 60.9 Å². The fourth-order valence-electron chi connectivity index (χ4n) is 4.47. The Balaban J connectivity index is 1.26. The number of nitrogens with zero attached hydrogens (tertiary/aromatic N) is 1. The molecule has 3 aromatic carbocycles. The molecule has 1 saturated heterocycles. The highest BCUT2D eigenvalue weighted by Crippen LogP contribution is 2.33. The molecule has 0 saturated carbocycles. The van der Waals surface area contributed by atoms with Crippen LogP contribution in [-0.4, -0.2) is 30.5 Å². The molecule has 35 heavy (non-hydrogen) atoms. The van der Waals surface area contributed by atoms with E-state index in [0.717, 1.165) is 36.1 Å². The van der Waals surface area contributed by atoms with Crippen molar-refractivity contribution in [1.29, 1.82) is 0 Å². The van der Waals surface area contributed by atoms with Crippen LogP contribution in [0.15, 0.2) is 72.8 Å². The summed E-state index contributed by atoms with van der Waals surface area (Å²) < 4.78 is 58.2. The number of piperidine rings is 1. The van der Waals surface area contributed by atoms with Crippen molar-refractivity contribution >= 4 is 5.91 Å². The molecule has 0 aromatic heterocycles. The second-order valence-corrected chi connectivity index (χ2v) is 8.83. The van der Waals surface area contributed by atoms with E-state index in [1.165, 1.54) is 6.07 Å². The van der Waals surface area contributed by atoms with Crippen LogP contribution in [0.2, 0.25) is 0 Å². The van der Waals surface area contributed by atoms with Gasteiger partial charge >= 0.3 is 6.18 Å². The van der Waals surface area contributed by atoms with E-state index >= 15 is 0 Å². The molecule has 1 fully saturated rings. The molecule has 0 aliphatic carbocycles. The fraction of sp³-hybridized carbons (Fsp3) is 0.321. The number of carbonyl (C=O) groups is 1. The Morgan fingerprint density at radius 2 is 1.63 bits per heavy atom. The van der Waals surface area contributed by atoms with Crippen molar-refractivity contribution in [3.63, 3.8) is 0 Å². The van der Waals surface area contributed by atoms with E-state index in [2.05, 4.69) is 0 Å². The predicted octanol–water partition coefficient (Wildman–Crippen LogP) is 6.76. The van der Waals surface area contributed by atoms with Crippen LogP contribution < -0.4 is 4.74 Å². The topological polar surface area (TPSA) is 29.5 Å². The number of aryl methyl sites for hydroxylation is 1. The van der Waals surface area contributed by atoms with E-state index in [4.69, 9.17) is 4.74 Å². The Morgan fingerprint density at radius 3 is 2.34 bits per heavy atom. The van der Waals surface area contributed by atoms with E-state index < -0.39 is 17.6 Å². The summed E-state index contributed by atoms with van der Waals surface area (Å²) in [5, 5.41) is 0. The van der Waals surface area contributed by atoms with Crippen LogP contribution >= 0.6 is 0 Å². The van der Waals surface area contributed by atoms with Gasteiger partial charge in [-0.3, -0.25) is 4.79 Å². The van der Waals surface area contributed by atoms with Crippen molar-refractivity contribution in [3.8, 4) is 16.9 Å². The summed E-state index contributed by atoms with van der Waals surface area (Å²) in [6.45, 7) is 1.12. The van der Waals surface area contributed by atoms with Crippen molar-refractivity contribution in [3.05, 3.63) is 89.7 Å². The minimum atomic E-state index is -4.70. The van der Waals surface area contributed by atoms with Crippen LogP contribution in [0.5, 0.6) is 5.75 Å². The van der Waals surface area contributed by atoms with Gasteiger partial charge in [0.25, 0.3) is 5.91 Å². The highest BCUT2D eigenvalue weighted by atomic mass is 19.4. The van der Waals surface area contributed by atoms with Gasteiger partial charge < -0.3 is 9.64 Å². The molecule has 1 heterocycles. The number of rotatable bonds is 7. The number of amides is 1. The van der Waals surface area contributed by atoms with E-state index in [9.17, 15) is 22.4 Å². The highest BCUT2D eigenvalue weighted by Gasteiger charge is 2.34. The first-order valence-corrected chi connectivity index (χ1v) is 11.7. The average molecular weight is 486 g/mol. The van der Waals surface area contributed by atoms with Gasteiger partial charge in [0, 0.05) is 18.7 Å². The molecule has 0 unspecified atom stereocenters. The molecule has 0 bridgehead atoms. The Bertz CT molecular complexity index is 1140. The third kappa shape index (κ3) is 6.41. The fourth-order valence-corrected chi connectivity index (χ4v) is 4.47. The maximum Gasteiger partial charge on any atom is 0.419 e. The summed E-state index contributed by atoms with van der Waals surface area (Å²) in [7, 11) is 0. The van der Waals surface area contributed by atoms with Crippen LogP contribution in [0.25, 0.3) is 11.1 Å². The number of carbonyl (C=O) groups excluding carboxylic acids is 1. The van der Waals surface area contributed by atoms with Gasteiger partial charge in [-0.1, -0.05) is 54.6 Å². The van der Waals surface area contributed by atoms with Crippen LogP contribution in [0.3, 0.4) is 0 Å². The Labute approximate surface area is 202 Å². The zero-order valence-corrected chi connectivity index (χ0v) is 19.2. The lowest BCUT2D eigenvalue weighted by atomic mass is 9.90. The Morgan fingerprint density at radius 1 is 0.943 bits per heavy atom. The number of benzene rings is 3. The Kier molecular flexibility index (Phi) is 7.73. The molecule has 0 radical (unpaired) electrons. The van der Waals surface area contributed by atoms with Crippen LogP contribution in [0, 0.1) is 11.7 Å². The third-order valence-corrected chi connectivity index (χ3v) is 6.47. The van der Waals surface area contributed by atoms with Gasteiger partial charge in [-0.2, -0.15) is 13.2 Å². The van der Waals surface area contributed by atoms with Gasteiger partial charge in [0.15, 0.2) is 6.61 Å². The molecular formula is C28H27F4NO2. The molecule has 184 valence electrons. The molecule has 3 nitrogen and oxygen atoms in total.